The van der Waals surface area contributed by atoms with Crippen molar-refractivity contribution in [2.45, 2.75) is 30.6 Å². The van der Waals surface area contributed by atoms with Gasteiger partial charge in [-0.3, -0.25) is 4.79 Å². The van der Waals surface area contributed by atoms with E-state index in [0.29, 0.717) is 6.42 Å². The van der Waals surface area contributed by atoms with E-state index in [2.05, 4.69) is 29.7 Å². The molecule has 1 fully saturated rings. The summed E-state index contributed by atoms with van der Waals surface area (Å²) in [5.41, 5.74) is 2.23. The molecule has 1 aliphatic carbocycles. The smallest absolute Gasteiger partial charge is 0.233 e. The first-order valence-electron chi connectivity index (χ1n) is 7.93. The van der Waals surface area contributed by atoms with Crippen LogP contribution in [0.4, 0.5) is 11.4 Å². The Hall–Kier alpha value is -1.71. The van der Waals surface area contributed by atoms with Gasteiger partial charge < -0.3 is 10.6 Å². The van der Waals surface area contributed by atoms with Crippen molar-refractivity contribution in [3.63, 3.8) is 0 Å². The van der Waals surface area contributed by atoms with Crippen molar-refractivity contribution < 1.29 is 4.79 Å². The van der Waals surface area contributed by atoms with E-state index in [0.717, 1.165) is 11.4 Å². The van der Waals surface area contributed by atoms with Gasteiger partial charge in [0.05, 0.1) is 5.41 Å². The lowest BCUT2D eigenvalue weighted by Crippen LogP contribution is -2.25. The third-order valence-electron chi connectivity index (χ3n) is 4.58. The summed E-state index contributed by atoms with van der Waals surface area (Å²) in [5.74, 6) is -0.147. The fourth-order valence-electron chi connectivity index (χ4n) is 2.64. The average molecular weight is 363 g/mol. The molecule has 0 spiro atoms. The minimum atomic E-state index is -0.955. The van der Waals surface area contributed by atoms with E-state index in [1.54, 1.807) is 6.92 Å². The van der Waals surface area contributed by atoms with Crippen LogP contribution in [0.5, 0.6) is 0 Å². The first-order chi connectivity index (χ1) is 11.3. The van der Waals surface area contributed by atoms with Crippen molar-refractivity contribution in [3.8, 4) is 0 Å². The van der Waals surface area contributed by atoms with Crippen LogP contribution >= 0.6 is 23.2 Å². The normalized spacial score (nSPS) is 22.5. The zero-order valence-electron chi connectivity index (χ0n) is 13.6. The van der Waals surface area contributed by atoms with E-state index in [4.69, 9.17) is 23.2 Å². The molecule has 3 rings (SSSR count). The lowest BCUT2D eigenvalue weighted by Gasteiger charge is -2.17. The van der Waals surface area contributed by atoms with Gasteiger partial charge in [0.15, 0.2) is 0 Å². The SMILES string of the molecule is CC(Nc1ccc(NC(=O)C2(C)CC2(Cl)Cl)cc1)c1ccccc1. The second-order valence-corrected chi connectivity index (χ2v) is 8.01. The zero-order valence-corrected chi connectivity index (χ0v) is 15.2. The van der Waals surface area contributed by atoms with Crippen LogP contribution in [0.2, 0.25) is 0 Å². The second kappa shape index (κ2) is 6.30. The Morgan fingerprint density at radius 2 is 1.58 bits per heavy atom. The summed E-state index contributed by atoms with van der Waals surface area (Å²) < 4.78 is -0.955. The summed E-state index contributed by atoms with van der Waals surface area (Å²) >= 11 is 12.1. The number of nitrogens with one attached hydrogen (secondary N) is 2. The summed E-state index contributed by atoms with van der Waals surface area (Å²) in [7, 11) is 0. The number of carbonyl (C=O) groups excluding carboxylic acids is 1. The highest BCUT2D eigenvalue weighted by atomic mass is 35.5. The molecule has 2 aromatic carbocycles. The van der Waals surface area contributed by atoms with Crippen LogP contribution in [0, 0.1) is 5.41 Å². The lowest BCUT2D eigenvalue weighted by molar-refractivity contribution is -0.120. The molecule has 1 saturated carbocycles. The monoisotopic (exact) mass is 362 g/mol. The third kappa shape index (κ3) is 3.38. The van der Waals surface area contributed by atoms with Crippen molar-refractivity contribution in [1.82, 2.24) is 0 Å². The number of amides is 1. The fourth-order valence-corrected chi connectivity index (χ4v) is 3.35. The largest absolute Gasteiger partial charge is 0.379 e. The van der Waals surface area contributed by atoms with E-state index >= 15 is 0 Å². The summed E-state index contributed by atoms with van der Waals surface area (Å²) in [5, 5.41) is 6.32. The van der Waals surface area contributed by atoms with Crippen LogP contribution in [0.15, 0.2) is 54.6 Å². The molecule has 2 N–H and O–H groups in total. The molecular formula is C19H20Cl2N2O. The molecule has 0 aliphatic heterocycles. The number of rotatable bonds is 5. The Balaban J connectivity index is 1.61. The molecule has 0 saturated heterocycles. The highest BCUT2D eigenvalue weighted by Crippen LogP contribution is 2.64. The Morgan fingerprint density at radius 1 is 1.04 bits per heavy atom. The molecule has 1 aliphatic rings. The Kier molecular flexibility index (Phi) is 4.50. The maximum absolute atomic E-state index is 12.3. The predicted molar refractivity (Wildman–Crippen MR) is 101 cm³/mol. The van der Waals surface area contributed by atoms with Gasteiger partial charge in [0.25, 0.3) is 0 Å². The van der Waals surface area contributed by atoms with E-state index in [-0.39, 0.29) is 11.9 Å². The van der Waals surface area contributed by atoms with Crippen LogP contribution < -0.4 is 10.6 Å². The molecule has 126 valence electrons. The zero-order chi connectivity index (χ0) is 17.4. The van der Waals surface area contributed by atoms with Crippen LogP contribution in [0.1, 0.15) is 31.9 Å². The predicted octanol–water partition coefficient (Wildman–Crippen LogP) is 5.38. The van der Waals surface area contributed by atoms with Gasteiger partial charge in [0, 0.05) is 17.4 Å². The maximum Gasteiger partial charge on any atom is 0.233 e. The number of alkyl halides is 2. The van der Waals surface area contributed by atoms with Crippen molar-refractivity contribution in [2.24, 2.45) is 5.41 Å². The van der Waals surface area contributed by atoms with Crippen LogP contribution in [0.3, 0.4) is 0 Å². The summed E-state index contributed by atoms with van der Waals surface area (Å²) in [6, 6.07) is 18.1. The van der Waals surface area contributed by atoms with E-state index in [1.165, 1.54) is 5.56 Å². The van der Waals surface area contributed by atoms with Crippen molar-refractivity contribution >= 4 is 40.5 Å². The van der Waals surface area contributed by atoms with Gasteiger partial charge in [-0.2, -0.15) is 0 Å². The van der Waals surface area contributed by atoms with Gasteiger partial charge in [-0.1, -0.05) is 30.3 Å². The lowest BCUT2D eigenvalue weighted by atomic mass is 10.1. The molecule has 0 radical (unpaired) electrons. The number of anilines is 2. The van der Waals surface area contributed by atoms with Gasteiger partial charge >= 0.3 is 0 Å². The van der Waals surface area contributed by atoms with Crippen LogP contribution in [-0.2, 0) is 4.79 Å². The quantitative estimate of drug-likeness (QED) is 0.700. The first kappa shape index (κ1) is 17.1. The van der Waals surface area contributed by atoms with Gasteiger partial charge in [-0.05, 0) is 50.1 Å². The molecule has 1 amide bonds. The molecule has 0 heterocycles. The van der Waals surface area contributed by atoms with Crippen molar-refractivity contribution in [2.75, 3.05) is 10.6 Å². The third-order valence-corrected chi connectivity index (χ3v) is 5.69. The molecule has 2 atom stereocenters. The number of hydrogen-bond acceptors (Lipinski definition) is 2. The minimum absolute atomic E-state index is 0.147. The van der Waals surface area contributed by atoms with Crippen LogP contribution in [-0.4, -0.2) is 10.2 Å². The summed E-state index contributed by atoms with van der Waals surface area (Å²) in [6.07, 6.45) is 0.475. The van der Waals surface area contributed by atoms with E-state index < -0.39 is 9.75 Å². The fraction of sp³-hybridized carbons (Fsp3) is 0.316. The van der Waals surface area contributed by atoms with Gasteiger partial charge in [-0.15, -0.1) is 23.2 Å². The van der Waals surface area contributed by atoms with E-state index in [9.17, 15) is 4.79 Å². The highest BCUT2D eigenvalue weighted by Gasteiger charge is 2.67. The Labute approximate surface area is 152 Å². The van der Waals surface area contributed by atoms with Gasteiger partial charge in [-0.25, -0.2) is 0 Å². The highest BCUT2D eigenvalue weighted by molar-refractivity contribution is 6.53. The molecular weight excluding hydrogens is 343 g/mol. The second-order valence-electron chi connectivity index (χ2n) is 6.52. The summed E-state index contributed by atoms with van der Waals surface area (Å²) in [6.45, 7) is 3.89. The van der Waals surface area contributed by atoms with Crippen molar-refractivity contribution in [3.05, 3.63) is 60.2 Å². The Bertz CT molecular complexity index is 731. The van der Waals surface area contributed by atoms with Crippen LogP contribution in [0.25, 0.3) is 0 Å². The minimum Gasteiger partial charge on any atom is -0.379 e. The number of benzene rings is 2. The molecule has 5 heteroatoms. The molecule has 24 heavy (non-hydrogen) atoms. The maximum atomic E-state index is 12.3. The van der Waals surface area contributed by atoms with Gasteiger partial charge in [0.1, 0.15) is 4.33 Å². The molecule has 3 nitrogen and oxygen atoms in total. The van der Waals surface area contributed by atoms with Gasteiger partial charge in [0.2, 0.25) is 5.91 Å². The topological polar surface area (TPSA) is 41.1 Å². The summed E-state index contributed by atoms with van der Waals surface area (Å²) in [4.78, 5) is 12.3. The van der Waals surface area contributed by atoms with Crippen molar-refractivity contribution in [1.29, 1.82) is 0 Å². The molecule has 2 unspecified atom stereocenters. The molecule has 2 aromatic rings. The van der Waals surface area contributed by atoms with E-state index in [1.807, 2.05) is 42.5 Å². The molecule has 0 bridgehead atoms. The number of halogens is 2. The number of carbonyl (C=O) groups is 1. The average Bonchev–Trinajstić information content (AvgIpc) is 3.10. The Morgan fingerprint density at radius 3 is 2.12 bits per heavy atom. The molecule has 0 aromatic heterocycles. The first-order valence-corrected chi connectivity index (χ1v) is 8.68. The number of hydrogen-bond donors (Lipinski definition) is 2. The standard InChI is InChI=1S/C19H20Cl2N2O/c1-13(14-6-4-3-5-7-14)22-15-8-10-16(11-9-15)23-17(24)18(2)12-19(18,20)21/h3-11,13,22H,12H2,1-2H3,(H,23,24).